The quantitative estimate of drug-likeness (QED) is 0.814. The van der Waals surface area contributed by atoms with E-state index in [4.69, 9.17) is 0 Å². The summed E-state index contributed by atoms with van der Waals surface area (Å²) in [6.07, 6.45) is 8.21. The van der Waals surface area contributed by atoms with Gasteiger partial charge in [0.1, 0.15) is 0 Å². The molecule has 2 aromatic heterocycles. The van der Waals surface area contributed by atoms with E-state index in [0.717, 1.165) is 17.7 Å². The zero-order valence-electron chi connectivity index (χ0n) is 10.8. The zero-order valence-corrected chi connectivity index (χ0v) is 10.8. The average molecular weight is 245 g/mol. The second kappa shape index (κ2) is 4.59. The highest BCUT2D eigenvalue weighted by atomic mass is 16.1. The summed E-state index contributed by atoms with van der Waals surface area (Å²) >= 11 is 0. The largest absolute Gasteiger partial charge is 0.330 e. The van der Waals surface area contributed by atoms with Crippen LogP contribution in [-0.2, 0) is 13.6 Å². The maximum absolute atomic E-state index is 12.2. The van der Waals surface area contributed by atoms with E-state index in [9.17, 15) is 4.79 Å². The van der Waals surface area contributed by atoms with E-state index in [1.807, 2.05) is 16.7 Å². The zero-order chi connectivity index (χ0) is 12.5. The Kier molecular flexibility index (Phi) is 2.94. The third-order valence-electron chi connectivity index (χ3n) is 4.06. The van der Waals surface area contributed by atoms with E-state index < -0.39 is 0 Å². The molecular weight excluding hydrogens is 226 g/mol. The van der Waals surface area contributed by atoms with Crippen molar-refractivity contribution in [2.75, 3.05) is 0 Å². The third kappa shape index (κ3) is 1.85. The van der Waals surface area contributed by atoms with E-state index in [-0.39, 0.29) is 5.69 Å². The van der Waals surface area contributed by atoms with Crippen LogP contribution in [0.1, 0.15) is 32.1 Å². The van der Waals surface area contributed by atoms with E-state index in [1.165, 1.54) is 32.1 Å². The minimum atomic E-state index is 0.0641. The predicted octanol–water partition coefficient (Wildman–Crippen LogP) is 2.32. The number of imidazole rings is 1. The Labute approximate surface area is 106 Å². The first-order valence-electron chi connectivity index (χ1n) is 6.77. The highest BCUT2D eigenvalue weighted by Gasteiger charge is 2.18. The second-order valence-corrected chi connectivity index (χ2v) is 5.30. The summed E-state index contributed by atoms with van der Waals surface area (Å²) in [5, 5.41) is 0. The molecule has 0 unspecified atom stereocenters. The number of nitrogens with zero attached hydrogens (tertiary/aromatic N) is 3. The molecule has 4 nitrogen and oxygen atoms in total. The Morgan fingerprint density at radius 1 is 1.33 bits per heavy atom. The number of aromatic nitrogens is 3. The lowest BCUT2D eigenvalue weighted by Gasteiger charge is -2.21. The number of pyridine rings is 1. The van der Waals surface area contributed by atoms with Crippen LogP contribution in [0.5, 0.6) is 0 Å². The van der Waals surface area contributed by atoms with Crippen molar-refractivity contribution in [2.24, 2.45) is 13.0 Å². The van der Waals surface area contributed by atoms with E-state index in [2.05, 4.69) is 4.98 Å². The van der Waals surface area contributed by atoms with E-state index >= 15 is 0 Å². The molecule has 0 bridgehead atoms. The van der Waals surface area contributed by atoms with Crippen molar-refractivity contribution in [1.29, 1.82) is 0 Å². The maximum atomic E-state index is 12.2. The van der Waals surface area contributed by atoms with Crippen molar-refractivity contribution in [1.82, 2.24) is 14.1 Å². The Bertz CT molecular complexity index is 605. The standard InChI is InChI=1S/C14H19N3O/c1-16-13-12(8-5-9-15-13)17(14(16)18)10-11-6-3-2-4-7-11/h5,8-9,11H,2-4,6-7,10H2,1H3. The van der Waals surface area contributed by atoms with E-state index in [0.29, 0.717) is 5.92 Å². The Hall–Kier alpha value is -1.58. The van der Waals surface area contributed by atoms with Gasteiger partial charge in [-0.1, -0.05) is 19.3 Å². The predicted molar refractivity (Wildman–Crippen MR) is 71.5 cm³/mol. The first kappa shape index (κ1) is 11.5. The molecule has 2 heterocycles. The summed E-state index contributed by atoms with van der Waals surface area (Å²) in [5.41, 5.74) is 1.82. The number of fused-ring (bicyclic) bond motifs is 1. The second-order valence-electron chi connectivity index (χ2n) is 5.30. The maximum Gasteiger partial charge on any atom is 0.330 e. The van der Waals surface area contributed by atoms with Crippen molar-refractivity contribution in [2.45, 2.75) is 38.6 Å². The molecule has 0 amide bonds. The molecule has 1 aliphatic rings. The molecule has 1 fully saturated rings. The van der Waals surface area contributed by atoms with Crippen LogP contribution in [0, 0.1) is 5.92 Å². The molecule has 0 N–H and O–H groups in total. The van der Waals surface area contributed by atoms with Crippen LogP contribution in [0.2, 0.25) is 0 Å². The molecule has 1 aliphatic carbocycles. The van der Waals surface area contributed by atoms with Gasteiger partial charge in [-0.15, -0.1) is 0 Å². The topological polar surface area (TPSA) is 39.8 Å². The molecule has 1 saturated carbocycles. The van der Waals surface area contributed by atoms with Gasteiger partial charge in [0, 0.05) is 19.8 Å². The molecular formula is C14H19N3O. The van der Waals surface area contributed by atoms with Gasteiger partial charge in [-0.25, -0.2) is 9.78 Å². The summed E-state index contributed by atoms with van der Waals surface area (Å²) in [6.45, 7) is 0.849. The summed E-state index contributed by atoms with van der Waals surface area (Å²) in [4.78, 5) is 16.5. The van der Waals surface area contributed by atoms with Crippen LogP contribution >= 0.6 is 0 Å². The van der Waals surface area contributed by atoms with Crippen LogP contribution in [0.15, 0.2) is 23.1 Å². The molecule has 0 saturated heterocycles. The number of aryl methyl sites for hydroxylation is 1. The average Bonchev–Trinajstić information content (AvgIpc) is 2.66. The SMILES string of the molecule is Cn1c(=O)n(CC2CCCCC2)c2cccnc21. The van der Waals surface area contributed by atoms with Crippen LogP contribution in [0.25, 0.3) is 11.2 Å². The summed E-state index contributed by atoms with van der Waals surface area (Å²) < 4.78 is 3.55. The van der Waals surface area contributed by atoms with Gasteiger partial charge < -0.3 is 0 Å². The molecule has 0 radical (unpaired) electrons. The van der Waals surface area contributed by atoms with Gasteiger partial charge in [-0.05, 0) is 30.9 Å². The van der Waals surface area contributed by atoms with Gasteiger partial charge in [0.05, 0.1) is 5.52 Å². The van der Waals surface area contributed by atoms with Crippen molar-refractivity contribution >= 4 is 11.2 Å². The summed E-state index contributed by atoms with van der Waals surface area (Å²) in [7, 11) is 1.80. The first-order chi connectivity index (χ1) is 8.77. The highest BCUT2D eigenvalue weighted by Crippen LogP contribution is 2.25. The number of rotatable bonds is 2. The summed E-state index contributed by atoms with van der Waals surface area (Å²) in [6, 6.07) is 3.89. The normalized spacial score (nSPS) is 17.4. The molecule has 0 atom stereocenters. The fourth-order valence-electron chi connectivity index (χ4n) is 3.04. The molecule has 96 valence electrons. The fraction of sp³-hybridized carbons (Fsp3) is 0.571. The molecule has 3 rings (SSSR count). The van der Waals surface area contributed by atoms with Crippen LogP contribution < -0.4 is 5.69 Å². The number of hydrogen-bond acceptors (Lipinski definition) is 2. The molecule has 4 heteroatoms. The molecule has 2 aromatic rings. The lowest BCUT2D eigenvalue weighted by atomic mass is 9.89. The molecule has 18 heavy (non-hydrogen) atoms. The lowest BCUT2D eigenvalue weighted by molar-refractivity contribution is 0.318. The van der Waals surface area contributed by atoms with Crippen LogP contribution in [0.3, 0.4) is 0 Å². The molecule has 0 spiro atoms. The van der Waals surface area contributed by atoms with Crippen molar-refractivity contribution in [3.05, 3.63) is 28.8 Å². The Morgan fingerprint density at radius 3 is 2.89 bits per heavy atom. The Balaban J connectivity index is 2.00. The van der Waals surface area contributed by atoms with Gasteiger partial charge in [-0.3, -0.25) is 9.13 Å². The monoisotopic (exact) mass is 245 g/mol. The van der Waals surface area contributed by atoms with E-state index in [1.54, 1.807) is 17.8 Å². The third-order valence-corrected chi connectivity index (χ3v) is 4.06. The minimum absolute atomic E-state index is 0.0641. The van der Waals surface area contributed by atoms with Gasteiger partial charge in [0.25, 0.3) is 0 Å². The smallest absolute Gasteiger partial charge is 0.290 e. The van der Waals surface area contributed by atoms with Crippen LogP contribution in [-0.4, -0.2) is 14.1 Å². The van der Waals surface area contributed by atoms with Crippen molar-refractivity contribution in [3.63, 3.8) is 0 Å². The highest BCUT2D eigenvalue weighted by molar-refractivity contribution is 5.71. The van der Waals surface area contributed by atoms with Gasteiger partial charge in [0.2, 0.25) is 0 Å². The lowest BCUT2D eigenvalue weighted by Crippen LogP contribution is -2.26. The molecule has 0 aromatic carbocycles. The molecule has 0 aliphatic heterocycles. The first-order valence-corrected chi connectivity index (χ1v) is 6.77. The van der Waals surface area contributed by atoms with Gasteiger partial charge in [0.15, 0.2) is 5.65 Å². The Morgan fingerprint density at radius 2 is 2.11 bits per heavy atom. The van der Waals surface area contributed by atoms with Crippen molar-refractivity contribution in [3.8, 4) is 0 Å². The van der Waals surface area contributed by atoms with Gasteiger partial charge >= 0.3 is 5.69 Å². The minimum Gasteiger partial charge on any atom is -0.290 e. The van der Waals surface area contributed by atoms with Crippen molar-refractivity contribution < 1.29 is 0 Å². The number of hydrogen-bond donors (Lipinski definition) is 0. The van der Waals surface area contributed by atoms with Crippen LogP contribution in [0.4, 0.5) is 0 Å². The summed E-state index contributed by atoms with van der Waals surface area (Å²) in [5.74, 6) is 0.655. The van der Waals surface area contributed by atoms with Gasteiger partial charge in [-0.2, -0.15) is 0 Å². The fourth-order valence-corrected chi connectivity index (χ4v) is 3.04.